The highest BCUT2D eigenvalue weighted by molar-refractivity contribution is 5.61. The van der Waals surface area contributed by atoms with Gasteiger partial charge in [-0.2, -0.15) is 13.2 Å². The molecule has 0 aliphatic carbocycles. The number of anilines is 1. The van der Waals surface area contributed by atoms with Crippen LogP contribution in [0.15, 0.2) is 30.3 Å². The van der Waals surface area contributed by atoms with Gasteiger partial charge in [0.2, 0.25) is 0 Å². The summed E-state index contributed by atoms with van der Waals surface area (Å²) in [6.07, 6.45) is -6.03. The zero-order chi connectivity index (χ0) is 20.2. The number of alkyl halides is 3. The van der Waals surface area contributed by atoms with Crippen LogP contribution in [0, 0.1) is 11.6 Å². The number of ether oxygens (including phenoxy) is 2. The molecule has 2 aromatic rings. The molecule has 0 spiro atoms. The lowest BCUT2D eigenvalue weighted by Crippen LogP contribution is -2.23. The maximum atomic E-state index is 14.0. The van der Waals surface area contributed by atoms with Crippen molar-refractivity contribution >= 4 is 5.69 Å². The second-order valence-electron chi connectivity index (χ2n) is 5.45. The zero-order valence-electron chi connectivity index (χ0n) is 14.0. The van der Waals surface area contributed by atoms with E-state index in [1.165, 1.54) is 25.3 Å². The fourth-order valence-corrected chi connectivity index (χ4v) is 2.09. The normalized spacial score (nSPS) is 12.6. The van der Waals surface area contributed by atoms with Gasteiger partial charge in [-0.25, -0.2) is 8.78 Å². The van der Waals surface area contributed by atoms with Crippen molar-refractivity contribution in [1.82, 2.24) is 0 Å². The molecule has 0 amide bonds. The first-order chi connectivity index (χ1) is 12.7. The van der Waals surface area contributed by atoms with E-state index >= 15 is 0 Å². The minimum Gasteiger partial charge on any atom is -0.497 e. The summed E-state index contributed by atoms with van der Waals surface area (Å²) in [7, 11) is 1.37. The monoisotopic (exact) mass is 393 g/mol. The molecule has 2 rings (SSSR count). The molecular formula is C17H16F5NO4. The molecule has 0 radical (unpaired) electrons. The van der Waals surface area contributed by atoms with Gasteiger partial charge in [-0.1, -0.05) is 0 Å². The van der Waals surface area contributed by atoms with E-state index in [-0.39, 0.29) is 30.1 Å². The van der Waals surface area contributed by atoms with Crippen molar-refractivity contribution in [1.29, 1.82) is 0 Å². The number of hydrogen-bond acceptors (Lipinski definition) is 5. The van der Waals surface area contributed by atoms with Crippen LogP contribution < -0.4 is 14.8 Å². The summed E-state index contributed by atoms with van der Waals surface area (Å²) < 4.78 is 76.0. The zero-order valence-corrected chi connectivity index (χ0v) is 14.0. The Kier molecular flexibility index (Phi) is 6.45. The number of hydrogen-bond donors (Lipinski definition) is 3. The first-order valence-electron chi connectivity index (χ1n) is 7.60. The highest BCUT2D eigenvalue weighted by Crippen LogP contribution is 2.38. The number of methoxy groups -OCH3 is 1. The summed E-state index contributed by atoms with van der Waals surface area (Å²) >= 11 is 0. The lowest BCUT2D eigenvalue weighted by atomic mass is 10.2. The Morgan fingerprint density at radius 2 is 1.74 bits per heavy atom. The Labute approximate surface area is 151 Å². The molecule has 27 heavy (non-hydrogen) atoms. The smallest absolute Gasteiger partial charge is 0.416 e. The van der Waals surface area contributed by atoms with Gasteiger partial charge < -0.3 is 25.0 Å². The van der Waals surface area contributed by atoms with Crippen molar-refractivity contribution in [2.24, 2.45) is 0 Å². The van der Waals surface area contributed by atoms with Gasteiger partial charge in [0.1, 0.15) is 5.75 Å². The van der Waals surface area contributed by atoms with Gasteiger partial charge in [-0.3, -0.25) is 0 Å². The minimum atomic E-state index is -4.91. The topological polar surface area (TPSA) is 71.0 Å². The lowest BCUT2D eigenvalue weighted by Gasteiger charge is -2.17. The summed E-state index contributed by atoms with van der Waals surface area (Å²) in [5.74, 6) is -3.85. The molecule has 0 saturated carbocycles. The van der Waals surface area contributed by atoms with Crippen molar-refractivity contribution in [3.05, 3.63) is 47.5 Å². The molecular weight excluding hydrogens is 377 g/mol. The van der Waals surface area contributed by atoms with Crippen molar-refractivity contribution in [2.75, 3.05) is 25.6 Å². The molecule has 3 N–H and O–H groups in total. The molecule has 148 valence electrons. The molecule has 10 heteroatoms. The lowest BCUT2D eigenvalue weighted by molar-refractivity contribution is -0.138. The summed E-state index contributed by atoms with van der Waals surface area (Å²) in [6.45, 7) is -0.659. The highest BCUT2D eigenvalue weighted by Gasteiger charge is 2.33. The summed E-state index contributed by atoms with van der Waals surface area (Å²) in [5, 5.41) is 20.9. The molecule has 0 heterocycles. The summed E-state index contributed by atoms with van der Waals surface area (Å²) in [6, 6.07) is 4.33. The van der Waals surface area contributed by atoms with Crippen molar-refractivity contribution in [2.45, 2.75) is 12.3 Å². The van der Waals surface area contributed by atoms with Crippen LogP contribution in [0.2, 0.25) is 0 Å². The van der Waals surface area contributed by atoms with E-state index in [1.807, 2.05) is 0 Å². The Morgan fingerprint density at radius 1 is 1.11 bits per heavy atom. The SMILES string of the molecule is COc1ccc(Oc2c(F)cc(C(F)(F)F)cc2F)c(NCC(O)CO)c1. The molecule has 1 unspecified atom stereocenters. The van der Waals surface area contributed by atoms with Crippen LogP contribution in [0.25, 0.3) is 0 Å². The predicted octanol–water partition coefficient (Wildman–Crippen LogP) is 3.55. The fourth-order valence-electron chi connectivity index (χ4n) is 2.09. The number of aliphatic hydroxyl groups excluding tert-OH is 2. The van der Waals surface area contributed by atoms with E-state index in [0.29, 0.717) is 5.75 Å². The highest BCUT2D eigenvalue weighted by atomic mass is 19.4. The van der Waals surface area contributed by atoms with Gasteiger partial charge in [-0.05, 0) is 24.3 Å². The third-order valence-electron chi connectivity index (χ3n) is 3.46. The van der Waals surface area contributed by atoms with Crippen LogP contribution in [0.4, 0.5) is 27.6 Å². The van der Waals surface area contributed by atoms with Gasteiger partial charge in [0.15, 0.2) is 23.1 Å². The minimum absolute atomic E-state index is 0.126. The molecule has 0 bridgehead atoms. The van der Waals surface area contributed by atoms with E-state index in [2.05, 4.69) is 5.32 Å². The van der Waals surface area contributed by atoms with Crippen LogP contribution in [0.5, 0.6) is 17.2 Å². The largest absolute Gasteiger partial charge is 0.497 e. The van der Waals surface area contributed by atoms with Gasteiger partial charge in [-0.15, -0.1) is 0 Å². The Bertz CT molecular complexity index is 774. The number of halogens is 5. The van der Waals surface area contributed by atoms with Crippen LogP contribution >= 0.6 is 0 Å². The van der Waals surface area contributed by atoms with E-state index in [4.69, 9.17) is 14.6 Å². The van der Waals surface area contributed by atoms with Crippen LogP contribution in [0.3, 0.4) is 0 Å². The van der Waals surface area contributed by atoms with Gasteiger partial charge in [0, 0.05) is 12.6 Å². The maximum Gasteiger partial charge on any atom is 0.416 e. The molecule has 0 saturated heterocycles. The summed E-state index contributed by atoms with van der Waals surface area (Å²) in [4.78, 5) is 0. The van der Waals surface area contributed by atoms with Crippen LogP contribution in [0.1, 0.15) is 5.56 Å². The van der Waals surface area contributed by atoms with Gasteiger partial charge in [0.05, 0.1) is 31.1 Å². The average molecular weight is 393 g/mol. The third-order valence-corrected chi connectivity index (χ3v) is 3.46. The van der Waals surface area contributed by atoms with E-state index in [9.17, 15) is 27.1 Å². The van der Waals surface area contributed by atoms with Crippen LogP contribution in [-0.2, 0) is 6.18 Å². The third kappa shape index (κ3) is 5.20. The molecule has 0 aromatic heterocycles. The van der Waals surface area contributed by atoms with Crippen molar-refractivity contribution < 1.29 is 41.6 Å². The first kappa shape index (κ1) is 20.7. The fraction of sp³-hybridized carbons (Fsp3) is 0.294. The van der Waals surface area contributed by atoms with Gasteiger partial charge >= 0.3 is 6.18 Å². The van der Waals surface area contributed by atoms with Crippen LogP contribution in [-0.4, -0.2) is 36.6 Å². The van der Waals surface area contributed by atoms with Gasteiger partial charge in [0.25, 0.3) is 0 Å². The molecule has 0 aliphatic rings. The van der Waals surface area contributed by atoms with Crippen molar-refractivity contribution in [3.63, 3.8) is 0 Å². The van der Waals surface area contributed by atoms with E-state index in [0.717, 1.165) is 0 Å². The Hall–Kier alpha value is -2.59. The summed E-state index contributed by atoms with van der Waals surface area (Å²) in [5.41, 5.74) is -1.34. The molecule has 0 aliphatic heterocycles. The van der Waals surface area contributed by atoms with E-state index < -0.39 is 41.8 Å². The molecule has 1 atom stereocenters. The number of rotatable bonds is 7. The number of aliphatic hydroxyl groups is 2. The Balaban J connectivity index is 2.36. The molecule has 5 nitrogen and oxygen atoms in total. The van der Waals surface area contributed by atoms with E-state index in [1.54, 1.807) is 0 Å². The first-order valence-corrected chi connectivity index (χ1v) is 7.60. The molecule has 0 fully saturated rings. The molecule has 2 aromatic carbocycles. The Morgan fingerprint density at radius 3 is 2.26 bits per heavy atom. The standard InChI is InChI=1S/C17H16F5NO4/c1-26-11-2-3-15(14(6-11)23-7-10(25)8-24)27-16-12(18)4-9(5-13(16)19)17(20,21)22/h2-6,10,23-25H,7-8H2,1H3. The maximum absolute atomic E-state index is 14.0. The van der Waals surface area contributed by atoms with Crippen molar-refractivity contribution in [3.8, 4) is 17.2 Å². The second-order valence-corrected chi connectivity index (χ2v) is 5.45. The predicted molar refractivity (Wildman–Crippen MR) is 86.0 cm³/mol. The second kappa shape index (κ2) is 8.40. The number of nitrogens with one attached hydrogen (secondary N) is 1. The quantitative estimate of drug-likeness (QED) is 0.628. The number of benzene rings is 2. The average Bonchev–Trinajstić information content (AvgIpc) is 2.62.